The standard InChI is InChI=1S/C7H9ClN2O/c1-4-5(2)10(3)7(11)6(8)9-4/h1-3H3. The maximum absolute atomic E-state index is 11.1. The van der Waals surface area contributed by atoms with E-state index in [9.17, 15) is 4.79 Å². The molecule has 3 nitrogen and oxygen atoms in total. The molecular formula is C7H9ClN2O. The van der Waals surface area contributed by atoms with Crippen molar-refractivity contribution in [2.45, 2.75) is 13.8 Å². The number of halogens is 1. The Kier molecular flexibility index (Phi) is 2.00. The summed E-state index contributed by atoms with van der Waals surface area (Å²) in [5.41, 5.74) is 1.39. The predicted molar refractivity (Wildman–Crippen MR) is 44.0 cm³/mol. The molecule has 1 heterocycles. The van der Waals surface area contributed by atoms with E-state index >= 15 is 0 Å². The molecular weight excluding hydrogens is 164 g/mol. The van der Waals surface area contributed by atoms with Gasteiger partial charge in [-0.05, 0) is 13.8 Å². The summed E-state index contributed by atoms with van der Waals surface area (Å²) in [5, 5.41) is 0.0376. The molecule has 0 aromatic carbocycles. The Bertz CT molecular complexity index is 343. The van der Waals surface area contributed by atoms with E-state index in [2.05, 4.69) is 4.98 Å². The van der Waals surface area contributed by atoms with E-state index in [0.29, 0.717) is 0 Å². The van der Waals surface area contributed by atoms with Gasteiger partial charge in [-0.1, -0.05) is 11.6 Å². The van der Waals surface area contributed by atoms with E-state index < -0.39 is 0 Å². The van der Waals surface area contributed by atoms with E-state index in [1.54, 1.807) is 7.05 Å². The minimum atomic E-state index is -0.241. The van der Waals surface area contributed by atoms with Gasteiger partial charge < -0.3 is 4.57 Å². The van der Waals surface area contributed by atoms with Crippen LogP contribution < -0.4 is 5.56 Å². The molecule has 11 heavy (non-hydrogen) atoms. The Morgan fingerprint density at radius 3 is 2.55 bits per heavy atom. The molecule has 1 rings (SSSR count). The monoisotopic (exact) mass is 172 g/mol. The number of aryl methyl sites for hydroxylation is 1. The van der Waals surface area contributed by atoms with Gasteiger partial charge in [0, 0.05) is 12.7 Å². The van der Waals surface area contributed by atoms with Gasteiger partial charge in [-0.15, -0.1) is 0 Å². The average Bonchev–Trinajstić information content (AvgIpc) is 1.97. The maximum atomic E-state index is 11.1. The summed E-state index contributed by atoms with van der Waals surface area (Å²) in [5.74, 6) is 0. The SMILES string of the molecule is Cc1nc(Cl)c(=O)n(C)c1C. The number of nitrogens with zero attached hydrogens (tertiary/aromatic N) is 2. The molecule has 0 unspecified atom stereocenters. The predicted octanol–water partition coefficient (Wildman–Crippen LogP) is 1.05. The molecule has 0 saturated heterocycles. The molecule has 0 radical (unpaired) electrons. The van der Waals surface area contributed by atoms with E-state index in [4.69, 9.17) is 11.6 Å². The fraction of sp³-hybridized carbons (Fsp3) is 0.429. The molecule has 0 aliphatic rings. The quantitative estimate of drug-likeness (QED) is 0.587. The summed E-state index contributed by atoms with van der Waals surface area (Å²) < 4.78 is 1.49. The first-order valence-corrected chi connectivity index (χ1v) is 3.61. The summed E-state index contributed by atoms with van der Waals surface area (Å²) in [7, 11) is 1.68. The van der Waals surface area contributed by atoms with Crippen molar-refractivity contribution in [3.8, 4) is 0 Å². The minimum Gasteiger partial charge on any atom is -0.312 e. The van der Waals surface area contributed by atoms with E-state index in [0.717, 1.165) is 11.4 Å². The Morgan fingerprint density at radius 2 is 2.00 bits per heavy atom. The van der Waals surface area contributed by atoms with E-state index in [1.165, 1.54) is 4.57 Å². The average molecular weight is 173 g/mol. The molecule has 0 N–H and O–H groups in total. The molecule has 1 aromatic rings. The molecule has 0 fully saturated rings. The van der Waals surface area contributed by atoms with Gasteiger partial charge in [0.2, 0.25) is 0 Å². The maximum Gasteiger partial charge on any atom is 0.288 e. The molecule has 0 amide bonds. The number of aromatic nitrogens is 2. The Labute approximate surface area is 69.6 Å². The van der Waals surface area contributed by atoms with Crippen molar-refractivity contribution in [2.75, 3.05) is 0 Å². The fourth-order valence-electron chi connectivity index (χ4n) is 0.809. The lowest BCUT2D eigenvalue weighted by Crippen LogP contribution is -2.21. The molecule has 4 heteroatoms. The van der Waals surface area contributed by atoms with Gasteiger partial charge in [0.1, 0.15) is 0 Å². The van der Waals surface area contributed by atoms with Crippen molar-refractivity contribution in [3.05, 3.63) is 26.9 Å². The largest absolute Gasteiger partial charge is 0.312 e. The van der Waals surface area contributed by atoms with Crippen molar-refractivity contribution in [2.24, 2.45) is 7.05 Å². The molecule has 0 spiro atoms. The smallest absolute Gasteiger partial charge is 0.288 e. The Balaban J connectivity index is 3.59. The third kappa shape index (κ3) is 1.28. The highest BCUT2D eigenvalue weighted by atomic mass is 35.5. The van der Waals surface area contributed by atoms with Crippen LogP contribution in [0.3, 0.4) is 0 Å². The van der Waals surface area contributed by atoms with Crippen LogP contribution in [0.1, 0.15) is 11.4 Å². The van der Waals surface area contributed by atoms with Crippen molar-refractivity contribution in [1.29, 1.82) is 0 Å². The van der Waals surface area contributed by atoms with Gasteiger partial charge in [0.05, 0.1) is 5.69 Å². The topological polar surface area (TPSA) is 34.9 Å². The molecule has 0 bridgehead atoms. The van der Waals surface area contributed by atoms with Crippen LogP contribution in [0.5, 0.6) is 0 Å². The van der Waals surface area contributed by atoms with Gasteiger partial charge in [0.25, 0.3) is 5.56 Å². The first kappa shape index (κ1) is 8.27. The van der Waals surface area contributed by atoms with Crippen LogP contribution in [0.2, 0.25) is 5.15 Å². The third-order valence-electron chi connectivity index (χ3n) is 1.77. The van der Waals surface area contributed by atoms with Gasteiger partial charge in [-0.25, -0.2) is 4.98 Å². The van der Waals surface area contributed by atoms with E-state index in [1.807, 2.05) is 13.8 Å². The van der Waals surface area contributed by atoms with Gasteiger partial charge in [-0.3, -0.25) is 4.79 Å². The van der Waals surface area contributed by atoms with Crippen LogP contribution in [0, 0.1) is 13.8 Å². The van der Waals surface area contributed by atoms with Crippen LogP contribution in [-0.4, -0.2) is 9.55 Å². The minimum absolute atomic E-state index is 0.0376. The third-order valence-corrected chi connectivity index (χ3v) is 2.02. The first-order chi connectivity index (χ1) is 5.04. The summed E-state index contributed by atoms with van der Waals surface area (Å²) in [6, 6.07) is 0. The lowest BCUT2D eigenvalue weighted by Gasteiger charge is -2.05. The number of rotatable bonds is 0. The molecule has 60 valence electrons. The zero-order valence-corrected chi connectivity index (χ0v) is 7.44. The molecule has 0 atom stereocenters. The van der Waals surface area contributed by atoms with Gasteiger partial charge in [-0.2, -0.15) is 0 Å². The zero-order chi connectivity index (χ0) is 8.59. The van der Waals surface area contributed by atoms with E-state index in [-0.39, 0.29) is 10.7 Å². The summed E-state index contributed by atoms with van der Waals surface area (Å²) >= 11 is 5.55. The molecule has 0 aliphatic carbocycles. The molecule has 0 aliphatic heterocycles. The highest BCUT2D eigenvalue weighted by Crippen LogP contribution is 2.02. The van der Waals surface area contributed by atoms with Crippen molar-refractivity contribution in [3.63, 3.8) is 0 Å². The highest BCUT2D eigenvalue weighted by Gasteiger charge is 2.04. The summed E-state index contributed by atoms with van der Waals surface area (Å²) in [6.45, 7) is 3.65. The second-order valence-electron chi connectivity index (χ2n) is 2.44. The van der Waals surface area contributed by atoms with Crippen molar-refractivity contribution in [1.82, 2.24) is 9.55 Å². The van der Waals surface area contributed by atoms with Crippen LogP contribution in [0.4, 0.5) is 0 Å². The van der Waals surface area contributed by atoms with Crippen LogP contribution in [0.25, 0.3) is 0 Å². The lowest BCUT2D eigenvalue weighted by molar-refractivity contribution is 0.784. The molecule has 1 aromatic heterocycles. The van der Waals surface area contributed by atoms with Crippen LogP contribution in [0.15, 0.2) is 4.79 Å². The zero-order valence-electron chi connectivity index (χ0n) is 6.68. The second kappa shape index (κ2) is 2.66. The fourth-order valence-corrected chi connectivity index (χ4v) is 1.06. The van der Waals surface area contributed by atoms with Crippen molar-refractivity contribution < 1.29 is 0 Å². The Hall–Kier alpha value is -0.830. The second-order valence-corrected chi connectivity index (χ2v) is 2.80. The first-order valence-electron chi connectivity index (χ1n) is 3.23. The highest BCUT2D eigenvalue weighted by molar-refractivity contribution is 6.29. The summed E-state index contributed by atoms with van der Waals surface area (Å²) in [4.78, 5) is 15.0. The number of hydrogen-bond acceptors (Lipinski definition) is 2. The van der Waals surface area contributed by atoms with Gasteiger partial charge in [0.15, 0.2) is 5.15 Å². The normalized spacial score (nSPS) is 10.2. The van der Waals surface area contributed by atoms with Crippen molar-refractivity contribution >= 4 is 11.6 Å². The molecule has 0 saturated carbocycles. The lowest BCUT2D eigenvalue weighted by atomic mass is 10.3. The Morgan fingerprint density at radius 1 is 1.45 bits per heavy atom. The van der Waals surface area contributed by atoms with Gasteiger partial charge >= 0.3 is 0 Å². The number of hydrogen-bond donors (Lipinski definition) is 0. The van der Waals surface area contributed by atoms with Crippen LogP contribution in [-0.2, 0) is 7.05 Å². The van der Waals surface area contributed by atoms with Crippen LogP contribution >= 0.6 is 11.6 Å². The summed E-state index contributed by atoms with van der Waals surface area (Å²) in [6.07, 6.45) is 0.